The molecule has 0 heterocycles. The van der Waals surface area contributed by atoms with Crippen molar-refractivity contribution in [1.82, 2.24) is 0 Å². The summed E-state index contributed by atoms with van der Waals surface area (Å²) < 4.78 is 4.37. The normalized spacial score (nSPS) is 11.9. The number of ether oxygens (including phenoxy) is 1. The monoisotopic (exact) mass is 161 g/mol. The number of nitrogens with zero attached hydrogens (tertiary/aromatic N) is 1. The summed E-state index contributed by atoms with van der Waals surface area (Å²) in [6.07, 6.45) is 0. The maximum atomic E-state index is 10.7. The van der Waals surface area contributed by atoms with Crippen molar-refractivity contribution in [3.05, 3.63) is 10.7 Å². The second-order valence-corrected chi connectivity index (χ2v) is 1.92. The zero-order chi connectivity index (χ0) is 8.15. The molecule has 0 aromatic heterocycles. The van der Waals surface area contributed by atoms with Gasteiger partial charge >= 0.3 is 5.97 Å². The molecule has 56 valence electrons. The predicted octanol–water partition coefficient (Wildman–Crippen LogP) is 1.33. The van der Waals surface area contributed by atoms with Gasteiger partial charge in [0, 0.05) is 0 Å². The third-order valence-electron chi connectivity index (χ3n) is 0.940. The van der Waals surface area contributed by atoms with Crippen LogP contribution in [-0.2, 0) is 9.53 Å². The molecule has 0 rings (SSSR count). The zero-order valence-electron chi connectivity index (χ0n) is 5.85. The Kier molecular flexibility index (Phi) is 3.72. The van der Waals surface area contributed by atoms with Crippen LogP contribution in [0.15, 0.2) is 15.7 Å². The summed E-state index contributed by atoms with van der Waals surface area (Å²) in [7, 11) is 1.28. The summed E-state index contributed by atoms with van der Waals surface area (Å²) in [5.74, 6) is -0.489. The van der Waals surface area contributed by atoms with Gasteiger partial charge in [0.2, 0.25) is 0 Å². The minimum Gasteiger partial charge on any atom is -0.466 e. The lowest BCUT2D eigenvalue weighted by atomic mass is 10.3. The standard InChI is InChI=1S/C6H8ClNO2/c1-4(5(7)8-2)6(9)10-3/h2H2,1,3H3/b5-4+. The Bertz CT molecular complexity index is 186. The van der Waals surface area contributed by atoms with Crippen molar-refractivity contribution in [2.75, 3.05) is 7.11 Å². The predicted molar refractivity (Wildman–Crippen MR) is 40.1 cm³/mol. The number of halogens is 1. The first-order valence-electron chi connectivity index (χ1n) is 2.55. The molecule has 0 saturated carbocycles. The van der Waals surface area contributed by atoms with Crippen molar-refractivity contribution in [2.24, 2.45) is 4.99 Å². The van der Waals surface area contributed by atoms with E-state index in [0.29, 0.717) is 0 Å². The van der Waals surface area contributed by atoms with Crippen LogP contribution in [0.1, 0.15) is 6.92 Å². The maximum Gasteiger partial charge on any atom is 0.336 e. The van der Waals surface area contributed by atoms with Crippen molar-refractivity contribution in [1.29, 1.82) is 0 Å². The topological polar surface area (TPSA) is 38.7 Å². The number of rotatable bonds is 2. The van der Waals surface area contributed by atoms with Gasteiger partial charge in [-0.2, -0.15) is 0 Å². The smallest absolute Gasteiger partial charge is 0.336 e. The van der Waals surface area contributed by atoms with E-state index in [2.05, 4.69) is 16.4 Å². The number of methoxy groups -OCH3 is 1. The molecular weight excluding hydrogens is 154 g/mol. The van der Waals surface area contributed by atoms with Crippen LogP contribution in [-0.4, -0.2) is 19.8 Å². The van der Waals surface area contributed by atoms with E-state index >= 15 is 0 Å². The molecule has 0 aliphatic carbocycles. The zero-order valence-corrected chi connectivity index (χ0v) is 6.60. The molecule has 0 saturated heterocycles. The van der Waals surface area contributed by atoms with Gasteiger partial charge in [0.05, 0.1) is 12.7 Å². The van der Waals surface area contributed by atoms with Gasteiger partial charge in [0.1, 0.15) is 5.16 Å². The van der Waals surface area contributed by atoms with Gasteiger partial charge in [-0.1, -0.05) is 11.6 Å². The molecule has 0 bridgehead atoms. The van der Waals surface area contributed by atoms with Crippen molar-refractivity contribution < 1.29 is 9.53 Å². The van der Waals surface area contributed by atoms with Crippen molar-refractivity contribution in [3.8, 4) is 0 Å². The first-order chi connectivity index (χ1) is 4.63. The first kappa shape index (κ1) is 9.17. The van der Waals surface area contributed by atoms with Crippen LogP contribution in [0.25, 0.3) is 0 Å². The van der Waals surface area contributed by atoms with E-state index in [0.717, 1.165) is 0 Å². The van der Waals surface area contributed by atoms with Crippen molar-refractivity contribution >= 4 is 24.3 Å². The fraction of sp³-hybridized carbons (Fsp3) is 0.333. The molecule has 0 aliphatic heterocycles. The van der Waals surface area contributed by atoms with Gasteiger partial charge in [-0.05, 0) is 13.6 Å². The highest BCUT2D eigenvalue weighted by Gasteiger charge is 2.06. The van der Waals surface area contributed by atoms with Gasteiger partial charge in [-0.3, -0.25) is 4.99 Å². The van der Waals surface area contributed by atoms with E-state index in [1.165, 1.54) is 14.0 Å². The Balaban J connectivity index is 4.45. The third-order valence-corrected chi connectivity index (χ3v) is 1.34. The van der Waals surface area contributed by atoms with Crippen LogP contribution in [0, 0.1) is 0 Å². The molecule has 0 aromatic carbocycles. The van der Waals surface area contributed by atoms with Gasteiger partial charge in [-0.25, -0.2) is 4.79 Å². The molecule has 0 unspecified atom stereocenters. The quantitative estimate of drug-likeness (QED) is 0.265. The van der Waals surface area contributed by atoms with Gasteiger partial charge < -0.3 is 4.74 Å². The number of carbonyl (C=O) groups excluding carboxylic acids is 1. The molecule has 0 atom stereocenters. The molecule has 0 amide bonds. The van der Waals surface area contributed by atoms with Gasteiger partial charge in [0.25, 0.3) is 0 Å². The minimum absolute atomic E-state index is 0.0758. The summed E-state index contributed by atoms with van der Waals surface area (Å²) in [6.45, 7) is 4.67. The second-order valence-electron chi connectivity index (χ2n) is 1.57. The molecule has 3 nitrogen and oxygen atoms in total. The Labute approximate surface area is 64.3 Å². The third kappa shape index (κ3) is 2.19. The molecule has 0 fully saturated rings. The molecule has 0 N–H and O–H groups in total. The average molecular weight is 162 g/mol. The maximum absolute atomic E-state index is 10.7. The summed E-state index contributed by atoms with van der Waals surface area (Å²) in [5, 5.41) is 0.0758. The molecule has 0 spiro atoms. The first-order valence-corrected chi connectivity index (χ1v) is 2.92. The van der Waals surface area contributed by atoms with Crippen LogP contribution in [0.2, 0.25) is 0 Å². The summed E-state index contributed by atoms with van der Waals surface area (Å²) in [4.78, 5) is 14.0. The van der Waals surface area contributed by atoms with Crippen molar-refractivity contribution in [2.45, 2.75) is 6.92 Å². The van der Waals surface area contributed by atoms with Crippen molar-refractivity contribution in [3.63, 3.8) is 0 Å². The molecule has 0 aromatic rings. The molecule has 10 heavy (non-hydrogen) atoms. The lowest BCUT2D eigenvalue weighted by Crippen LogP contribution is -2.02. The minimum atomic E-state index is -0.489. The largest absolute Gasteiger partial charge is 0.466 e. The highest BCUT2D eigenvalue weighted by atomic mass is 35.5. The number of hydrogen-bond acceptors (Lipinski definition) is 3. The van der Waals surface area contributed by atoms with E-state index in [-0.39, 0.29) is 10.7 Å². The second kappa shape index (κ2) is 4.06. The van der Waals surface area contributed by atoms with Crippen LogP contribution >= 0.6 is 11.6 Å². The van der Waals surface area contributed by atoms with Crippen LogP contribution in [0.3, 0.4) is 0 Å². The van der Waals surface area contributed by atoms with Gasteiger partial charge in [-0.15, -0.1) is 0 Å². The Morgan fingerprint density at radius 1 is 1.70 bits per heavy atom. The molecule has 0 radical (unpaired) electrons. The lowest BCUT2D eigenvalue weighted by Gasteiger charge is -1.97. The summed E-state index contributed by atoms with van der Waals surface area (Å²) in [6, 6.07) is 0. The molecule has 0 aliphatic rings. The van der Waals surface area contributed by atoms with E-state index in [1.807, 2.05) is 0 Å². The summed E-state index contributed by atoms with van der Waals surface area (Å²) >= 11 is 5.44. The number of carbonyl (C=O) groups is 1. The SMILES string of the molecule is C=N/C(Cl)=C(\C)C(=O)OC. The highest BCUT2D eigenvalue weighted by Crippen LogP contribution is 2.10. The van der Waals surface area contributed by atoms with Crippen LogP contribution < -0.4 is 0 Å². The molecule has 4 heteroatoms. The highest BCUT2D eigenvalue weighted by molar-refractivity contribution is 6.31. The fourth-order valence-electron chi connectivity index (χ4n) is 0.356. The van der Waals surface area contributed by atoms with Gasteiger partial charge in [0.15, 0.2) is 0 Å². The summed E-state index contributed by atoms with van der Waals surface area (Å²) in [5.41, 5.74) is 0.263. The molecular formula is C6H8ClNO2. The van der Waals surface area contributed by atoms with Crippen LogP contribution in [0.4, 0.5) is 0 Å². The van der Waals surface area contributed by atoms with E-state index in [9.17, 15) is 4.79 Å². The number of hydrogen-bond donors (Lipinski definition) is 0. The van der Waals surface area contributed by atoms with E-state index in [4.69, 9.17) is 11.6 Å². The Hall–Kier alpha value is -0.830. The Morgan fingerprint density at radius 2 is 2.20 bits per heavy atom. The van der Waals surface area contributed by atoms with E-state index in [1.54, 1.807) is 0 Å². The van der Waals surface area contributed by atoms with E-state index < -0.39 is 5.97 Å². The average Bonchev–Trinajstić information content (AvgIpc) is 2.00. The fourth-order valence-corrected chi connectivity index (χ4v) is 0.433. The Morgan fingerprint density at radius 3 is 2.50 bits per heavy atom. The lowest BCUT2D eigenvalue weighted by molar-refractivity contribution is -0.136. The number of aliphatic imine (C=N–C) groups is 1. The van der Waals surface area contributed by atoms with Crippen LogP contribution in [0.5, 0.6) is 0 Å². The number of esters is 1.